The second-order valence-corrected chi connectivity index (χ2v) is 5.54. The van der Waals surface area contributed by atoms with Crippen molar-refractivity contribution in [2.75, 3.05) is 23.4 Å². The average Bonchev–Trinajstić information content (AvgIpc) is 2.28. The Labute approximate surface area is 103 Å². The summed E-state index contributed by atoms with van der Waals surface area (Å²) in [5, 5.41) is 13.7. The van der Waals surface area contributed by atoms with Crippen molar-refractivity contribution in [3.05, 3.63) is 33.9 Å². The van der Waals surface area contributed by atoms with Crippen LogP contribution < -0.4 is 5.32 Å². The zero-order valence-electron chi connectivity index (χ0n) is 9.93. The maximum atomic E-state index is 11.2. The van der Waals surface area contributed by atoms with Crippen LogP contribution in [0.1, 0.15) is 12.5 Å². The molecular weight excluding hydrogens is 240 g/mol. The van der Waals surface area contributed by atoms with Gasteiger partial charge in [-0.1, -0.05) is 6.92 Å². The topological polar surface area (TPSA) is 72.2 Å². The zero-order valence-corrected chi connectivity index (χ0v) is 10.8. The molecule has 0 aromatic heterocycles. The quantitative estimate of drug-likeness (QED) is 0.624. The van der Waals surface area contributed by atoms with Gasteiger partial charge in [-0.05, 0) is 18.6 Å². The molecule has 0 spiro atoms. The van der Waals surface area contributed by atoms with Gasteiger partial charge < -0.3 is 5.32 Å². The van der Waals surface area contributed by atoms with E-state index in [1.165, 1.54) is 12.1 Å². The van der Waals surface area contributed by atoms with Gasteiger partial charge in [-0.25, -0.2) is 0 Å². The molecule has 17 heavy (non-hydrogen) atoms. The fourth-order valence-corrected chi connectivity index (χ4v) is 2.04. The molecule has 0 saturated heterocycles. The van der Waals surface area contributed by atoms with Crippen LogP contribution in [0, 0.1) is 17.0 Å². The molecule has 1 aromatic rings. The summed E-state index contributed by atoms with van der Waals surface area (Å²) in [7, 11) is -0.817. The minimum atomic E-state index is -0.817. The molecule has 0 saturated carbocycles. The van der Waals surface area contributed by atoms with Gasteiger partial charge in [-0.2, -0.15) is 0 Å². The Kier molecular flexibility index (Phi) is 5.09. The van der Waals surface area contributed by atoms with Gasteiger partial charge in [0.05, 0.1) is 4.92 Å². The Morgan fingerprint density at radius 2 is 2.12 bits per heavy atom. The van der Waals surface area contributed by atoms with Crippen LogP contribution in [0.2, 0.25) is 0 Å². The largest absolute Gasteiger partial charge is 0.384 e. The van der Waals surface area contributed by atoms with E-state index in [4.69, 9.17) is 0 Å². The van der Waals surface area contributed by atoms with Crippen LogP contribution in [0.4, 0.5) is 11.4 Å². The van der Waals surface area contributed by atoms with Gasteiger partial charge in [0.15, 0.2) is 0 Å². The number of non-ortho nitro benzene ring substituents is 1. The van der Waals surface area contributed by atoms with Crippen molar-refractivity contribution >= 4 is 22.2 Å². The third-order valence-electron chi connectivity index (χ3n) is 2.25. The summed E-state index contributed by atoms with van der Waals surface area (Å²) in [5.41, 5.74) is 1.60. The van der Waals surface area contributed by atoms with Gasteiger partial charge in [0.1, 0.15) is 0 Å². The standard InChI is InChI=1S/C11H16N2O3S/c1-3-17(16)5-4-12-10-6-9(2)7-11(8-10)13(14)15/h6-8,12H,3-5H2,1-2H3. The van der Waals surface area contributed by atoms with Crippen LogP contribution in [-0.4, -0.2) is 27.2 Å². The lowest BCUT2D eigenvalue weighted by Gasteiger charge is -2.06. The average molecular weight is 256 g/mol. The van der Waals surface area contributed by atoms with E-state index < -0.39 is 15.7 Å². The Balaban J connectivity index is 2.65. The summed E-state index contributed by atoms with van der Waals surface area (Å²) in [6.07, 6.45) is 0. The molecule has 0 fully saturated rings. The summed E-state index contributed by atoms with van der Waals surface area (Å²) < 4.78 is 11.2. The van der Waals surface area contributed by atoms with E-state index in [0.717, 1.165) is 5.56 Å². The third-order valence-corrected chi connectivity index (χ3v) is 3.56. The van der Waals surface area contributed by atoms with Gasteiger partial charge >= 0.3 is 0 Å². The van der Waals surface area contributed by atoms with E-state index in [-0.39, 0.29) is 5.69 Å². The Bertz CT molecular complexity index is 435. The lowest BCUT2D eigenvalue weighted by atomic mass is 10.2. The predicted octanol–water partition coefficient (Wildman–Crippen LogP) is 2.08. The number of aryl methyl sites for hydroxylation is 1. The van der Waals surface area contributed by atoms with Gasteiger partial charge in [-0.3, -0.25) is 14.3 Å². The van der Waals surface area contributed by atoms with E-state index in [2.05, 4.69) is 5.32 Å². The van der Waals surface area contributed by atoms with Gasteiger partial charge in [0.25, 0.3) is 5.69 Å². The first kappa shape index (κ1) is 13.6. The first-order valence-corrected chi connectivity index (χ1v) is 6.86. The summed E-state index contributed by atoms with van der Waals surface area (Å²) >= 11 is 0. The van der Waals surface area contributed by atoms with Crippen molar-refractivity contribution in [3.63, 3.8) is 0 Å². The lowest BCUT2D eigenvalue weighted by molar-refractivity contribution is -0.384. The molecule has 0 bridgehead atoms. The van der Waals surface area contributed by atoms with E-state index in [1.807, 2.05) is 19.9 Å². The molecule has 1 rings (SSSR count). The highest BCUT2D eigenvalue weighted by Crippen LogP contribution is 2.20. The molecule has 6 heteroatoms. The van der Waals surface area contributed by atoms with Crippen LogP contribution in [0.5, 0.6) is 0 Å². The molecule has 0 aliphatic rings. The summed E-state index contributed by atoms with van der Waals surface area (Å²) in [4.78, 5) is 10.2. The van der Waals surface area contributed by atoms with E-state index in [0.29, 0.717) is 23.7 Å². The number of nitro groups is 1. The maximum absolute atomic E-state index is 11.2. The molecule has 0 aliphatic carbocycles. The predicted molar refractivity (Wildman–Crippen MR) is 69.9 cm³/mol. The molecule has 0 amide bonds. The summed E-state index contributed by atoms with van der Waals surface area (Å²) in [5.74, 6) is 1.19. The number of nitro benzene ring substituents is 1. The van der Waals surface area contributed by atoms with E-state index in [1.54, 1.807) is 0 Å². The first-order valence-electron chi connectivity index (χ1n) is 5.38. The number of nitrogens with one attached hydrogen (secondary N) is 1. The highest BCUT2D eigenvalue weighted by atomic mass is 32.2. The molecule has 0 aliphatic heterocycles. The number of benzene rings is 1. The highest BCUT2D eigenvalue weighted by molar-refractivity contribution is 7.84. The summed E-state index contributed by atoms with van der Waals surface area (Å²) in [6, 6.07) is 4.85. The number of hydrogen-bond acceptors (Lipinski definition) is 4. The fourth-order valence-electron chi connectivity index (χ4n) is 1.42. The maximum Gasteiger partial charge on any atom is 0.271 e. The van der Waals surface area contributed by atoms with Gasteiger partial charge in [-0.15, -0.1) is 0 Å². The normalized spacial score (nSPS) is 12.1. The number of anilines is 1. The van der Waals surface area contributed by atoms with Crippen molar-refractivity contribution in [2.24, 2.45) is 0 Å². The minimum absolute atomic E-state index is 0.0733. The molecule has 0 heterocycles. The second-order valence-electron chi connectivity index (χ2n) is 3.67. The van der Waals surface area contributed by atoms with Crippen molar-refractivity contribution in [1.29, 1.82) is 0 Å². The van der Waals surface area contributed by atoms with Crippen LogP contribution >= 0.6 is 0 Å². The second kappa shape index (κ2) is 6.34. The fraction of sp³-hybridized carbons (Fsp3) is 0.455. The van der Waals surface area contributed by atoms with Crippen LogP contribution in [-0.2, 0) is 10.8 Å². The number of hydrogen-bond donors (Lipinski definition) is 1. The molecule has 0 radical (unpaired) electrons. The lowest BCUT2D eigenvalue weighted by Crippen LogP contribution is -2.12. The van der Waals surface area contributed by atoms with Crippen molar-refractivity contribution in [2.45, 2.75) is 13.8 Å². The van der Waals surface area contributed by atoms with Crippen LogP contribution in [0.15, 0.2) is 18.2 Å². The van der Waals surface area contributed by atoms with Gasteiger partial charge in [0, 0.05) is 46.7 Å². The first-order chi connectivity index (χ1) is 8.02. The van der Waals surface area contributed by atoms with Crippen molar-refractivity contribution in [1.82, 2.24) is 0 Å². The van der Waals surface area contributed by atoms with E-state index >= 15 is 0 Å². The highest BCUT2D eigenvalue weighted by Gasteiger charge is 2.07. The molecule has 1 atom stereocenters. The van der Waals surface area contributed by atoms with Crippen molar-refractivity contribution < 1.29 is 9.13 Å². The van der Waals surface area contributed by atoms with Gasteiger partial charge in [0.2, 0.25) is 0 Å². The monoisotopic (exact) mass is 256 g/mol. The molecule has 1 aromatic carbocycles. The SMILES string of the molecule is CCS(=O)CCNc1cc(C)cc([N+](=O)[O-])c1. The molecular formula is C11H16N2O3S. The minimum Gasteiger partial charge on any atom is -0.384 e. The van der Waals surface area contributed by atoms with Crippen LogP contribution in [0.3, 0.4) is 0 Å². The number of nitrogens with zero attached hydrogens (tertiary/aromatic N) is 1. The molecule has 5 nitrogen and oxygen atoms in total. The third kappa shape index (κ3) is 4.52. The Hall–Kier alpha value is -1.43. The van der Waals surface area contributed by atoms with Crippen molar-refractivity contribution in [3.8, 4) is 0 Å². The molecule has 1 N–H and O–H groups in total. The Morgan fingerprint density at radius 3 is 2.71 bits per heavy atom. The smallest absolute Gasteiger partial charge is 0.271 e. The molecule has 1 unspecified atom stereocenters. The number of rotatable bonds is 6. The molecule has 94 valence electrons. The zero-order chi connectivity index (χ0) is 12.8. The summed E-state index contributed by atoms with van der Waals surface area (Å²) in [6.45, 7) is 4.23. The van der Waals surface area contributed by atoms with Crippen LogP contribution in [0.25, 0.3) is 0 Å². The Morgan fingerprint density at radius 1 is 1.41 bits per heavy atom. The van der Waals surface area contributed by atoms with E-state index in [9.17, 15) is 14.3 Å².